The number of nitrogens with one attached hydrogen (secondary N) is 1. The maximum atomic E-state index is 10.3. The maximum Gasteiger partial charge on any atom is 0.269 e. The number of hydrogen-bond donors (Lipinski definition) is 2. The van der Waals surface area contributed by atoms with Gasteiger partial charge in [0.25, 0.3) is 5.69 Å². The smallest absolute Gasteiger partial charge is 0.269 e. The zero-order valence-corrected chi connectivity index (χ0v) is 10.2. The monoisotopic (exact) mass is 291 g/mol. The molecule has 0 aliphatic rings. The first-order valence-electron chi connectivity index (χ1n) is 3.80. The van der Waals surface area contributed by atoms with Gasteiger partial charge in [0.2, 0.25) is 0 Å². The van der Waals surface area contributed by atoms with Gasteiger partial charge in [-0.25, -0.2) is 0 Å². The van der Waals surface area contributed by atoms with Gasteiger partial charge >= 0.3 is 0 Å². The molecule has 0 heterocycles. The van der Waals surface area contributed by atoms with Crippen LogP contribution in [0.4, 0.5) is 5.69 Å². The van der Waals surface area contributed by atoms with E-state index in [1.807, 2.05) is 0 Å². The fraction of sp³-hybridized carbons (Fsp3) is 0.125. The lowest BCUT2D eigenvalue weighted by molar-refractivity contribution is -0.384. The summed E-state index contributed by atoms with van der Waals surface area (Å²) < 4.78 is 0. The lowest BCUT2D eigenvalue weighted by atomic mass is 10.2. The second-order valence-electron chi connectivity index (χ2n) is 2.58. The molecule has 82 valence electrons. The van der Waals surface area contributed by atoms with Crippen LogP contribution in [0, 0.1) is 15.5 Å². The van der Waals surface area contributed by atoms with E-state index in [-0.39, 0.29) is 27.8 Å². The summed E-state index contributed by atoms with van der Waals surface area (Å²) in [5.74, 6) is 0.563. The normalized spacial score (nSPS) is 9.07. The minimum atomic E-state index is -0.443. The van der Waals surface area contributed by atoms with Crippen molar-refractivity contribution < 1.29 is 4.92 Å². The summed E-state index contributed by atoms with van der Waals surface area (Å²) >= 11 is 1.19. The molecule has 0 amide bonds. The quantitative estimate of drug-likeness (QED) is 0.387. The molecule has 0 radical (unpaired) electrons. The fourth-order valence-electron chi connectivity index (χ4n) is 0.875. The lowest BCUT2D eigenvalue weighted by Gasteiger charge is -1.98. The number of nitro groups is 1. The van der Waals surface area contributed by atoms with Crippen molar-refractivity contribution in [3.05, 3.63) is 39.9 Å². The van der Waals surface area contributed by atoms with Gasteiger partial charge in [0.1, 0.15) is 0 Å². The molecular formula is C8H10BrN3O2S. The van der Waals surface area contributed by atoms with E-state index in [2.05, 4.69) is 0 Å². The van der Waals surface area contributed by atoms with Crippen molar-refractivity contribution in [1.29, 1.82) is 5.41 Å². The summed E-state index contributed by atoms with van der Waals surface area (Å²) in [6.45, 7) is 0. The largest absolute Gasteiger partial charge is 0.379 e. The van der Waals surface area contributed by atoms with Crippen LogP contribution in [0.25, 0.3) is 0 Å². The molecule has 0 saturated carbocycles. The van der Waals surface area contributed by atoms with Gasteiger partial charge in [0.05, 0.1) is 4.92 Å². The van der Waals surface area contributed by atoms with Crippen LogP contribution in [0.2, 0.25) is 0 Å². The molecule has 7 heteroatoms. The summed E-state index contributed by atoms with van der Waals surface area (Å²) in [5.41, 5.74) is 6.14. The SMILES string of the molecule is Br.N=C(N)SCc1ccc([N+](=O)[O-])cc1. The van der Waals surface area contributed by atoms with E-state index in [4.69, 9.17) is 11.1 Å². The number of nitrogens with two attached hydrogens (primary N) is 1. The third-order valence-electron chi connectivity index (χ3n) is 1.54. The Balaban J connectivity index is 0.00000196. The predicted molar refractivity (Wildman–Crippen MR) is 66.6 cm³/mol. The van der Waals surface area contributed by atoms with Crippen LogP contribution in [0.1, 0.15) is 5.56 Å². The molecule has 0 atom stereocenters. The molecule has 0 unspecified atom stereocenters. The van der Waals surface area contributed by atoms with Gasteiger partial charge in [-0.05, 0) is 5.56 Å². The number of nitro benzene ring substituents is 1. The summed E-state index contributed by atoms with van der Waals surface area (Å²) in [4.78, 5) is 9.88. The average molecular weight is 292 g/mol. The third-order valence-corrected chi connectivity index (χ3v) is 2.33. The molecule has 0 bridgehead atoms. The minimum absolute atomic E-state index is 0. The summed E-state index contributed by atoms with van der Waals surface area (Å²) in [6, 6.07) is 6.20. The zero-order valence-electron chi connectivity index (χ0n) is 7.67. The Morgan fingerprint density at radius 1 is 1.47 bits per heavy atom. The van der Waals surface area contributed by atoms with Crippen molar-refractivity contribution in [2.45, 2.75) is 5.75 Å². The molecule has 0 aliphatic heterocycles. The van der Waals surface area contributed by atoms with Crippen LogP contribution in [0.5, 0.6) is 0 Å². The first-order chi connectivity index (χ1) is 6.59. The Morgan fingerprint density at radius 3 is 2.40 bits per heavy atom. The summed E-state index contributed by atoms with van der Waals surface area (Å²) in [6.07, 6.45) is 0. The van der Waals surface area contributed by atoms with Crippen molar-refractivity contribution in [3.63, 3.8) is 0 Å². The number of thioether (sulfide) groups is 1. The Morgan fingerprint density at radius 2 is 2.00 bits per heavy atom. The number of benzene rings is 1. The summed E-state index contributed by atoms with van der Waals surface area (Å²) in [7, 11) is 0. The van der Waals surface area contributed by atoms with E-state index < -0.39 is 4.92 Å². The highest BCUT2D eigenvalue weighted by atomic mass is 79.9. The van der Waals surface area contributed by atoms with Crippen LogP contribution in [-0.2, 0) is 5.75 Å². The Hall–Kier alpha value is -1.08. The number of rotatable bonds is 3. The van der Waals surface area contributed by atoms with Crippen molar-refractivity contribution in [2.24, 2.45) is 5.73 Å². The predicted octanol–water partition coefficient (Wildman–Crippen LogP) is 2.30. The molecule has 5 nitrogen and oxygen atoms in total. The topological polar surface area (TPSA) is 93.0 Å². The van der Waals surface area contributed by atoms with Crippen LogP contribution < -0.4 is 5.73 Å². The van der Waals surface area contributed by atoms with Gasteiger partial charge in [-0.15, -0.1) is 17.0 Å². The molecule has 0 spiro atoms. The Kier molecular flexibility index (Phi) is 5.95. The summed E-state index contributed by atoms with van der Waals surface area (Å²) in [5, 5.41) is 17.4. The van der Waals surface area contributed by atoms with Gasteiger partial charge in [-0.3, -0.25) is 15.5 Å². The second-order valence-corrected chi connectivity index (χ2v) is 3.59. The first kappa shape index (κ1) is 13.9. The molecule has 0 aromatic heterocycles. The van der Waals surface area contributed by atoms with Crippen LogP contribution >= 0.6 is 28.7 Å². The van der Waals surface area contributed by atoms with Crippen LogP contribution in [-0.4, -0.2) is 10.1 Å². The van der Waals surface area contributed by atoms with Crippen molar-refractivity contribution in [2.75, 3.05) is 0 Å². The van der Waals surface area contributed by atoms with Gasteiger partial charge in [0.15, 0.2) is 5.17 Å². The van der Waals surface area contributed by atoms with Crippen LogP contribution in [0.15, 0.2) is 24.3 Å². The van der Waals surface area contributed by atoms with Crippen molar-refractivity contribution in [1.82, 2.24) is 0 Å². The molecule has 15 heavy (non-hydrogen) atoms. The van der Waals surface area contributed by atoms with Crippen molar-refractivity contribution >= 4 is 39.6 Å². The van der Waals surface area contributed by atoms with E-state index in [1.54, 1.807) is 12.1 Å². The number of nitrogens with zero attached hydrogens (tertiary/aromatic N) is 1. The molecule has 1 rings (SSSR count). The molecule has 0 saturated heterocycles. The number of hydrogen-bond acceptors (Lipinski definition) is 4. The third kappa shape index (κ3) is 4.80. The Bertz CT molecular complexity index is 355. The van der Waals surface area contributed by atoms with E-state index in [9.17, 15) is 10.1 Å². The molecular weight excluding hydrogens is 282 g/mol. The highest BCUT2D eigenvalue weighted by Crippen LogP contribution is 2.16. The molecule has 1 aromatic rings. The van der Waals surface area contributed by atoms with E-state index >= 15 is 0 Å². The van der Waals surface area contributed by atoms with E-state index in [0.29, 0.717) is 5.75 Å². The Labute approximate surface area is 101 Å². The fourth-order valence-corrected chi connectivity index (χ4v) is 1.39. The van der Waals surface area contributed by atoms with Crippen molar-refractivity contribution in [3.8, 4) is 0 Å². The zero-order chi connectivity index (χ0) is 10.6. The number of amidine groups is 1. The maximum absolute atomic E-state index is 10.3. The van der Waals surface area contributed by atoms with Gasteiger partial charge < -0.3 is 5.73 Å². The minimum Gasteiger partial charge on any atom is -0.379 e. The second kappa shape index (κ2) is 6.41. The van der Waals surface area contributed by atoms with Gasteiger partial charge in [-0.2, -0.15) is 0 Å². The van der Waals surface area contributed by atoms with E-state index in [0.717, 1.165) is 5.56 Å². The van der Waals surface area contributed by atoms with Crippen LogP contribution in [0.3, 0.4) is 0 Å². The molecule has 1 aromatic carbocycles. The van der Waals surface area contributed by atoms with Gasteiger partial charge in [-0.1, -0.05) is 23.9 Å². The lowest BCUT2D eigenvalue weighted by Crippen LogP contribution is -2.03. The average Bonchev–Trinajstić information content (AvgIpc) is 2.15. The molecule has 0 fully saturated rings. The number of halogens is 1. The first-order valence-corrected chi connectivity index (χ1v) is 4.78. The number of non-ortho nitro benzene ring substituents is 1. The standard InChI is InChI=1S/C8H9N3O2S.BrH/c9-8(10)14-5-6-1-3-7(4-2-6)11(12)13;/h1-4H,5H2,(H3,9,10);1H. The molecule has 0 aliphatic carbocycles. The van der Waals surface area contributed by atoms with E-state index in [1.165, 1.54) is 23.9 Å². The van der Waals surface area contributed by atoms with Gasteiger partial charge in [0, 0.05) is 17.9 Å². The molecule has 3 N–H and O–H groups in total. The highest BCUT2D eigenvalue weighted by Gasteiger charge is 2.03. The highest BCUT2D eigenvalue weighted by molar-refractivity contribution is 8.93.